The van der Waals surface area contributed by atoms with Crippen LogP contribution in [0.1, 0.15) is 39.5 Å². The van der Waals surface area contributed by atoms with Crippen molar-refractivity contribution in [3.05, 3.63) is 0 Å². The molecule has 0 aliphatic heterocycles. The zero-order valence-electron chi connectivity index (χ0n) is 11.6. The van der Waals surface area contributed by atoms with Gasteiger partial charge < -0.3 is 20.5 Å². The van der Waals surface area contributed by atoms with E-state index in [4.69, 9.17) is 9.84 Å². The smallest absolute Gasteiger partial charge is 0.315 e. The highest BCUT2D eigenvalue weighted by atomic mass is 16.5. The minimum Gasteiger partial charge on any atom is -0.481 e. The molecule has 0 spiro atoms. The van der Waals surface area contributed by atoms with Crippen LogP contribution in [-0.2, 0) is 9.53 Å². The molecule has 2 atom stereocenters. The Hall–Kier alpha value is -1.30. The lowest BCUT2D eigenvalue weighted by Gasteiger charge is -2.27. The summed E-state index contributed by atoms with van der Waals surface area (Å²) in [5.74, 6) is -1.10. The van der Waals surface area contributed by atoms with Crippen molar-refractivity contribution < 1.29 is 19.4 Å². The molecule has 0 heterocycles. The Bertz CT molecular complexity index is 307. The number of carbonyl (C=O) groups is 2. The average Bonchev–Trinajstić information content (AvgIpc) is 2.34. The SMILES string of the molecule is CC(C)OCCNC(=O)NC1CCCC(C(=O)O)C1. The van der Waals surface area contributed by atoms with Crippen LogP contribution in [0.25, 0.3) is 0 Å². The quantitative estimate of drug-likeness (QED) is 0.637. The molecule has 1 saturated carbocycles. The average molecular weight is 272 g/mol. The second-order valence-corrected chi connectivity index (χ2v) is 5.22. The zero-order chi connectivity index (χ0) is 14.3. The van der Waals surface area contributed by atoms with E-state index in [9.17, 15) is 9.59 Å². The van der Waals surface area contributed by atoms with Gasteiger partial charge in [-0.1, -0.05) is 6.42 Å². The number of carbonyl (C=O) groups excluding carboxylic acids is 1. The van der Waals surface area contributed by atoms with E-state index >= 15 is 0 Å². The van der Waals surface area contributed by atoms with Gasteiger partial charge in [0.05, 0.1) is 18.6 Å². The molecule has 0 aromatic heterocycles. The van der Waals surface area contributed by atoms with Gasteiger partial charge in [0, 0.05) is 12.6 Å². The monoisotopic (exact) mass is 272 g/mol. The lowest BCUT2D eigenvalue weighted by atomic mass is 9.86. The van der Waals surface area contributed by atoms with Crippen LogP contribution in [0.3, 0.4) is 0 Å². The molecule has 3 N–H and O–H groups in total. The molecule has 1 aliphatic rings. The third-order valence-electron chi connectivity index (χ3n) is 3.20. The predicted octanol–water partition coefficient (Wildman–Crippen LogP) is 1.35. The van der Waals surface area contributed by atoms with E-state index in [0.29, 0.717) is 26.0 Å². The van der Waals surface area contributed by atoms with Crippen LogP contribution in [0, 0.1) is 5.92 Å². The van der Waals surface area contributed by atoms with E-state index in [1.807, 2.05) is 13.8 Å². The normalized spacial score (nSPS) is 23.1. The Morgan fingerprint density at radius 1 is 1.37 bits per heavy atom. The molecule has 1 rings (SSSR count). The number of hydrogen-bond donors (Lipinski definition) is 3. The molecule has 110 valence electrons. The summed E-state index contributed by atoms with van der Waals surface area (Å²) in [5, 5.41) is 14.5. The zero-order valence-corrected chi connectivity index (χ0v) is 11.6. The largest absolute Gasteiger partial charge is 0.481 e. The Labute approximate surface area is 113 Å². The molecular weight excluding hydrogens is 248 g/mol. The van der Waals surface area contributed by atoms with Gasteiger partial charge in [-0.05, 0) is 33.1 Å². The first-order valence-electron chi connectivity index (χ1n) is 6.87. The molecule has 2 unspecified atom stereocenters. The van der Waals surface area contributed by atoms with Crippen molar-refractivity contribution in [3.8, 4) is 0 Å². The summed E-state index contributed by atoms with van der Waals surface area (Å²) >= 11 is 0. The maximum atomic E-state index is 11.6. The minimum atomic E-state index is -0.766. The number of carboxylic acid groups (broad SMARTS) is 1. The van der Waals surface area contributed by atoms with Crippen LogP contribution in [-0.4, -0.2) is 42.4 Å². The van der Waals surface area contributed by atoms with Crippen molar-refractivity contribution in [1.82, 2.24) is 10.6 Å². The lowest BCUT2D eigenvalue weighted by molar-refractivity contribution is -0.143. The van der Waals surface area contributed by atoms with Gasteiger partial charge in [0.25, 0.3) is 0 Å². The van der Waals surface area contributed by atoms with Gasteiger partial charge in [0.2, 0.25) is 0 Å². The van der Waals surface area contributed by atoms with Crippen LogP contribution in [0.15, 0.2) is 0 Å². The first-order chi connectivity index (χ1) is 8.99. The fourth-order valence-corrected chi connectivity index (χ4v) is 2.24. The first kappa shape index (κ1) is 15.8. The van der Waals surface area contributed by atoms with Gasteiger partial charge in [0.15, 0.2) is 0 Å². The summed E-state index contributed by atoms with van der Waals surface area (Å²) in [4.78, 5) is 22.5. The highest BCUT2D eigenvalue weighted by molar-refractivity contribution is 5.74. The number of aliphatic carboxylic acids is 1. The first-order valence-corrected chi connectivity index (χ1v) is 6.87. The minimum absolute atomic E-state index is 0.0409. The second-order valence-electron chi connectivity index (χ2n) is 5.22. The van der Waals surface area contributed by atoms with Gasteiger partial charge >= 0.3 is 12.0 Å². The van der Waals surface area contributed by atoms with Crippen molar-refractivity contribution in [2.45, 2.75) is 51.7 Å². The van der Waals surface area contributed by atoms with Crippen molar-refractivity contribution in [3.63, 3.8) is 0 Å². The van der Waals surface area contributed by atoms with E-state index < -0.39 is 5.97 Å². The molecule has 1 aliphatic carbocycles. The third kappa shape index (κ3) is 6.42. The van der Waals surface area contributed by atoms with E-state index in [1.165, 1.54) is 0 Å². The molecule has 2 amide bonds. The van der Waals surface area contributed by atoms with Crippen molar-refractivity contribution in [2.24, 2.45) is 5.92 Å². The van der Waals surface area contributed by atoms with Gasteiger partial charge in [-0.2, -0.15) is 0 Å². The molecule has 1 fully saturated rings. The fourth-order valence-electron chi connectivity index (χ4n) is 2.24. The van der Waals surface area contributed by atoms with Crippen molar-refractivity contribution in [2.75, 3.05) is 13.2 Å². The van der Waals surface area contributed by atoms with Crippen LogP contribution in [0.2, 0.25) is 0 Å². The maximum absolute atomic E-state index is 11.6. The van der Waals surface area contributed by atoms with Gasteiger partial charge in [-0.25, -0.2) is 4.79 Å². The van der Waals surface area contributed by atoms with Gasteiger partial charge in [-0.3, -0.25) is 4.79 Å². The van der Waals surface area contributed by atoms with Gasteiger partial charge in [-0.15, -0.1) is 0 Å². The summed E-state index contributed by atoms with van der Waals surface area (Å²) in [6, 6.07) is -0.288. The highest BCUT2D eigenvalue weighted by Gasteiger charge is 2.27. The second kappa shape index (κ2) is 7.99. The third-order valence-corrected chi connectivity index (χ3v) is 3.20. The molecule has 0 aromatic rings. The van der Waals surface area contributed by atoms with Crippen LogP contribution in [0.5, 0.6) is 0 Å². The number of urea groups is 1. The summed E-state index contributed by atoms with van der Waals surface area (Å²) in [5.41, 5.74) is 0. The van der Waals surface area contributed by atoms with E-state index in [1.54, 1.807) is 0 Å². The number of amides is 2. The molecular formula is C13H24N2O4. The lowest BCUT2D eigenvalue weighted by Crippen LogP contribution is -2.45. The Kier molecular flexibility index (Phi) is 6.62. The molecule has 0 bridgehead atoms. The van der Waals surface area contributed by atoms with Crippen molar-refractivity contribution in [1.29, 1.82) is 0 Å². The van der Waals surface area contributed by atoms with E-state index in [0.717, 1.165) is 12.8 Å². The Morgan fingerprint density at radius 3 is 2.74 bits per heavy atom. The van der Waals surface area contributed by atoms with E-state index in [-0.39, 0.29) is 24.1 Å². The molecule has 0 radical (unpaired) electrons. The number of hydrogen-bond acceptors (Lipinski definition) is 3. The van der Waals surface area contributed by atoms with Crippen LogP contribution >= 0.6 is 0 Å². The van der Waals surface area contributed by atoms with Crippen molar-refractivity contribution >= 4 is 12.0 Å². The van der Waals surface area contributed by atoms with Gasteiger partial charge in [0.1, 0.15) is 0 Å². The Morgan fingerprint density at radius 2 is 2.11 bits per heavy atom. The number of rotatable bonds is 6. The molecule has 0 aromatic carbocycles. The van der Waals surface area contributed by atoms with E-state index in [2.05, 4.69) is 10.6 Å². The van der Waals surface area contributed by atoms with Crippen LogP contribution < -0.4 is 10.6 Å². The summed E-state index contributed by atoms with van der Waals surface area (Å²) < 4.78 is 5.31. The summed E-state index contributed by atoms with van der Waals surface area (Å²) in [6.07, 6.45) is 3.07. The molecule has 6 nitrogen and oxygen atoms in total. The summed E-state index contributed by atoms with van der Waals surface area (Å²) in [6.45, 7) is 4.81. The number of carboxylic acids is 1. The number of ether oxygens (including phenoxy) is 1. The topological polar surface area (TPSA) is 87.7 Å². The number of nitrogens with one attached hydrogen (secondary N) is 2. The highest BCUT2D eigenvalue weighted by Crippen LogP contribution is 2.24. The maximum Gasteiger partial charge on any atom is 0.315 e. The standard InChI is InChI=1S/C13H24N2O4/c1-9(2)19-7-6-14-13(18)15-11-5-3-4-10(8-11)12(16)17/h9-11H,3-8H2,1-2H3,(H,16,17)(H2,14,15,18). The summed E-state index contributed by atoms with van der Waals surface area (Å²) in [7, 11) is 0. The van der Waals surface area contributed by atoms with Crippen LogP contribution in [0.4, 0.5) is 4.79 Å². The molecule has 19 heavy (non-hydrogen) atoms. The predicted molar refractivity (Wildman–Crippen MR) is 71.0 cm³/mol. The fraction of sp³-hybridized carbons (Fsp3) is 0.846. The molecule has 0 saturated heterocycles. The molecule has 6 heteroatoms. The Balaban J connectivity index is 2.19.